The molecule has 0 bridgehead atoms. The summed E-state index contributed by atoms with van der Waals surface area (Å²) >= 11 is 1.63. The normalized spacial score (nSPS) is 40.4. The fraction of sp³-hybridized carbons (Fsp3) is 0.833. The van der Waals surface area contributed by atoms with Crippen LogP contribution in [0.4, 0.5) is 5.95 Å². The van der Waals surface area contributed by atoms with Crippen molar-refractivity contribution in [2.24, 2.45) is 57.7 Å². The largest absolute Gasteiger partial charge is 0.293 e. The van der Waals surface area contributed by atoms with E-state index in [4.69, 9.17) is 4.98 Å². The minimum absolute atomic E-state index is 0.316. The predicted molar refractivity (Wildman–Crippen MR) is 174 cm³/mol. The number of aromatic amines is 1. The van der Waals surface area contributed by atoms with Crippen LogP contribution in [-0.2, 0) is 6.42 Å². The lowest BCUT2D eigenvalue weighted by Gasteiger charge is -2.62. The standard InChI is InChI=1S/C36H58N4S/c1-7-24-23-28-30-19-16-26(35(30,5)22-20-31(28)36(6)21-9-8-12-29(24)36)11-10-13-32-37-33(39-38-32)40-41-27-17-14-25(15-18-27)34(2,3)4/h14,17-18,24-26,28-31H,7-13,15-16,19-23H2,1-6H3,(H2,37,38,39,40)/t24-,25?,26?,28?,29?,30?,31-,35?,36?/m0/s1. The maximum absolute atomic E-state index is 4.78. The lowest BCUT2D eigenvalue weighted by molar-refractivity contribution is -0.135. The molecule has 0 spiro atoms. The Balaban J connectivity index is 1.00. The second-order valence-corrected chi connectivity index (χ2v) is 17.2. The minimum atomic E-state index is 0.316. The topological polar surface area (TPSA) is 53.6 Å². The summed E-state index contributed by atoms with van der Waals surface area (Å²) in [7, 11) is 0. The summed E-state index contributed by atoms with van der Waals surface area (Å²) < 4.78 is 3.36. The minimum Gasteiger partial charge on any atom is -0.293 e. The number of H-pyrrole nitrogens is 1. The zero-order chi connectivity index (χ0) is 28.8. The highest BCUT2D eigenvalue weighted by Gasteiger charge is 2.60. The van der Waals surface area contributed by atoms with Gasteiger partial charge in [-0.15, -0.1) is 5.10 Å². The average Bonchev–Trinajstić information content (AvgIpc) is 3.55. The molecule has 5 aliphatic carbocycles. The number of fused-ring (bicyclic) bond motifs is 5. The molecule has 228 valence electrons. The monoisotopic (exact) mass is 578 g/mol. The molecule has 5 heteroatoms. The first-order chi connectivity index (χ1) is 19.6. The van der Waals surface area contributed by atoms with Gasteiger partial charge in [0.2, 0.25) is 0 Å². The quantitative estimate of drug-likeness (QED) is 0.301. The summed E-state index contributed by atoms with van der Waals surface area (Å²) in [4.78, 5) is 6.04. The number of anilines is 1. The lowest BCUT2D eigenvalue weighted by Crippen LogP contribution is -2.55. The number of rotatable bonds is 8. The molecule has 9 atom stereocenters. The highest BCUT2D eigenvalue weighted by molar-refractivity contribution is 8.04. The van der Waals surface area contributed by atoms with Crippen molar-refractivity contribution in [2.75, 3.05) is 4.72 Å². The van der Waals surface area contributed by atoms with E-state index in [1.54, 1.807) is 18.4 Å². The van der Waals surface area contributed by atoms with E-state index in [0.717, 1.165) is 54.2 Å². The van der Waals surface area contributed by atoms with Crippen molar-refractivity contribution in [2.45, 2.75) is 131 Å². The van der Waals surface area contributed by atoms with Crippen LogP contribution >= 0.6 is 11.9 Å². The maximum Gasteiger partial charge on any atom is 0.252 e. The van der Waals surface area contributed by atoms with Crippen LogP contribution in [0.3, 0.4) is 0 Å². The van der Waals surface area contributed by atoms with Gasteiger partial charge >= 0.3 is 0 Å². The van der Waals surface area contributed by atoms with Crippen LogP contribution in [0.5, 0.6) is 0 Å². The van der Waals surface area contributed by atoms with Gasteiger partial charge in [-0.05, 0) is 134 Å². The van der Waals surface area contributed by atoms with Crippen LogP contribution in [0.25, 0.3) is 0 Å². The van der Waals surface area contributed by atoms with Gasteiger partial charge in [-0.1, -0.05) is 79.0 Å². The number of aryl methyl sites for hydroxylation is 1. The second kappa shape index (κ2) is 11.7. The molecule has 1 aromatic rings. The molecule has 0 amide bonds. The van der Waals surface area contributed by atoms with Crippen molar-refractivity contribution in [3.63, 3.8) is 0 Å². The second-order valence-electron chi connectivity index (χ2n) is 16.3. The number of hydrogen-bond acceptors (Lipinski definition) is 4. The molecule has 1 aromatic heterocycles. The Bertz CT molecular complexity index is 1120. The molecule has 2 N–H and O–H groups in total. The van der Waals surface area contributed by atoms with Crippen LogP contribution in [0, 0.1) is 57.7 Å². The third kappa shape index (κ3) is 5.72. The van der Waals surface area contributed by atoms with Gasteiger partial charge < -0.3 is 0 Å². The van der Waals surface area contributed by atoms with E-state index in [9.17, 15) is 0 Å². The number of allylic oxidation sites excluding steroid dienone is 3. The van der Waals surface area contributed by atoms with Gasteiger partial charge in [0.25, 0.3) is 5.95 Å². The number of nitrogens with zero attached hydrogens (tertiary/aromatic N) is 2. The van der Waals surface area contributed by atoms with E-state index in [-0.39, 0.29) is 0 Å². The van der Waals surface area contributed by atoms with Gasteiger partial charge in [-0.25, -0.2) is 0 Å². The highest BCUT2D eigenvalue weighted by atomic mass is 32.2. The van der Waals surface area contributed by atoms with E-state index in [2.05, 4.69) is 74.7 Å². The van der Waals surface area contributed by atoms with Gasteiger partial charge in [0.05, 0.1) is 0 Å². The summed E-state index contributed by atoms with van der Waals surface area (Å²) in [6.45, 7) is 14.9. The molecule has 0 aromatic carbocycles. The van der Waals surface area contributed by atoms with E-state index in [0.29, 0.717) is 28.1 Å². The Hall–Kier alpha value is -1.23. The first kappa shape index (κ1) is 29.8. The van der Waals surface area contributed by atoms with E-state index < -0.39 is 0 Å². The summed E-state index contributed by atoms with van der Waals surface area (Å²) in [5, 5.41) is 7.68. The lowest BCUT2D eigenvalue weighted by atomic mass is 9.42. The van der Waals surface area contributed by atoms with E-state index >= 15 is 0 Å². The zero-order valence-corrected chi connectivity index (χ0v) is 27.8. The molecule has 0 radical (unpaired) electrons. The van der Waals surface area contributed by atoms with Crippen molar-refractivity contribution in [1.29, 1.82) is 0 Å². The highest BCUT2D eigenvalue weighted by Crippen LogP contribution is 2.69. The first-order valence-electron chi connectivity index (χ1n) is 17.3. The van der Waals surface area contributed by atoms with E-state index in [1.807, 2.05) is 0 Å². The molecule has 6 rings (SSSR count). The van der Waals surface area contributed by atoms with Crippen molar-refractivity contribution >= 4 is 17.9 Å². The van der Waals surface area contributed by atoms with Crippen LogP contribution in [0.2, 0.25) is 0 Å². The molecular weight excluding hydrogens is 520 g/mol. The fourth-order valence-corrected chi connectivity index (χ4v) is 11.6. The number of nitrogens with one attached hydrogen (secondary N) is 2. The molecule has 4 fully saturated rings. The summed E-state index contributed by atoms with van der Waals surface area (Å²) in [6.07, 6.45) is 26.6. The Labute approximate surface area is 255 Å². The predicted octanol–water partition coefficient (Wildman–Crippen LogP) is 10.4. The Morgan fingerprint density at radius 2 is 1.85 bits per heavy atom. The van der Waals surface area contributed by atoms with Crippen LogP contribution in [0.15, 0.2) is 23.1 Å². The fourth-order valence-electron chi connectivity index (χ4n) is 11.0. The maximum atomic E-state index is 4.78. The van der Waals surface area contributed by atoms with Crippen LogP contribution in [-0.4, -0.2) is 15.2 Å². The summed E-state index contributed by atoms with van der Waals surface area (Å²) in [5.41, 5.74) is 1.52. The third-order valence-corrected chi connectivity index (χ3v) is 14.2. The van der Waals surface area contributed by atoms with Crippen molar-refractivity contribution in [1.82, 2.24) is 15.2 Å². The Morgan fingerprint density at radius 1 is 1.02 bits per heavy atom. The number of aromatic nitrogens is 3. The van der Waals surface area contributed by atoms with Gasteiger partial charge in [0.1, 0.15) is 5.82 Å². The van der Waals surface area contributed by atoms with Crippen LogP contribution in [0.1, 0.15) is 131 Å². The smallest absolute Gasteiger partial charge is 0.252 e. The van der Waals surface area contributed by atoms with Crippen molar-refractivity contribution < 1.29 is 0 Å². The zero-order valence-electron chi connectivity index (χ0n) is 27.0. The van der Waals surface area contributed by atoms with Gasteiger partial charge in [0.15, 0.2) is 0 Å². The van der Waals surface area contributed by atoms with Crippen molar-refractivity contribution in [3.8, 4) is 0 Å². The van der Waals surface area contributed by atoms with Gasteiger partial charge in [-0.3, -0.25) is 9.82 Å². The molecule has 5 aliphatic rings. The van der Waals surface area contributed by atoms with Crippen molar-refractivity contribution in [3.05, 3.63) is 29.0 Å². The molecule has 1 heterocycles. The van der Waals surface area contributed by atoms with E-state index in [1.165, 1.54) is 75.5 Å². The molecule has 0 aliphatic heterocycles. The average molecular weight is 579 g/mol. The third-order valence-electron chi connectivity index (χ3n) is 13.4. The molecule has 7 unspecified atom stereocenters. The Morgan fingerprint density at radius 3 is 2.61 bits per heavy atom. The molecule has 0 saturated heterocycles. The first-order valence-corrected chi connectivity index (χ1v) is 18.2. The van der Waals surface area contributed by atoms with Gasteiger partial charge in [-0.2, -0.15) is 4.98 Å². The summed E-state index contributed by atoms with van der Waals surface area (Å²) in [5.74, 6) is 8.22. The Kier molecular flexibility index (Phi) is 8.51. The molecular formula is C36H58N4S. The molecule has 41 heavy (non-hydrogen) atoms. The summed E-state index contributed by atoms with van der Waals surface area (Å²) in [6, 6.07) is 0. The molecule has 4 nitrogen and oxygen atoms in total. The number of hydrogen-bond donors (Lipinski definition) is 2. The SMILES string of the molecule is CC[C@H]1CC2C3CCC(CCCc4nc(NSC5=CCC(C(C)(C)C)C=C5)n[nH]4)C3(C)CC[C@@H]2C2(C)CCCCC12. The van der Waals surface area contributed by atoms with Crippen LogP contribution < -0.4 is 4.72 Å². The van der Waals surface area contributed by atoms with Gasteiger partial charge in [0, 0.05) is 11.3 Å². The molecule has 4 saturated carbocycles.